The van der Waals surface area contributed by atoms with Gasteiger partial charge in [-0.1, -0.05) is 0 Å². The van der Waals surface area contributed by atoms with E-state index >= 15 is 0 Å². The zero-order chi connectivity index (χ0) is 13.8. The lowest BCUT2D eigenvalue weighted by Crippen LogP contribution is -2.23. The Hall–Kier alpha value is -1.46. The molecule has 1 aliphatic rings. The molecule has 1 fully saturated rings. The highest BCUT2D eigenvalue weighted by Crippen LogP contribution is 2.41. The molecule has 2 rings (SSSR count). The largest absolute Gasteiger partial charge is 0.493 e. The average Bonchev–Trinajstić information content (AvgIpc) is 2.45. The van der Waals surface area contributed by atoms with Gasteiger partial charge in [-0.15, -0.1) is 0 Å². The second-order valence-electron chi connectivity index (χ2n) is 4.50. The van der Waals surface area contributed by atoms with Crippen LogP contribution < -0.4 is 14.2 Å². The fourth-order valence-corrected chi connectivity index (χ4v) is 2.30. The van der Waals surface area contributed by atoms with Crippen LogP contribution in [0.15, 0.2) is 12.1 Å². The van der Waals surface area contributed by atoms with Crippen LogP contribution in [0.2, 0.25) is 0 Å². The van der Waals surface area contributed by atoms with Crippen LogP contribution in [0.25, 0.3) is 0 Å². The summed E-state index contributed by atoms with van der Waals surface area (Å²) >= 11 is 0. The highest BCUT2D eigenvalue weighted by atomic mass is 16.5. The smallest absolute Gasteiger partial charge is 0.203 e. The molecule has 1 aromatic carbocycles. The predicted molar refractivity (Wildman–Crippen MR) is 70.0 cm³/mol. The number of benzene rings is 1. The van der Waals surface area contributed by atoms with Crippen molar-refractivity contribution in [3.63, 3.8) is 0 Å². The summed E-state index contributed by atoms with van der Waals surface area (Å²) < 4.78 is 21.6. The summed E-state index contributed by atoms with van der Waals surface area (Å²) in [5.74, 6) is 1.76. The third kappa shape index (κ3) is 2.93. The molecule has 19 heavy (non-hydrogen) atoms. The van der Waals surface area contributed by atoms with Gasteiger partial charge >= 0.3 is 0 Å². The van der Waals surface area contributed by atoms with Gasteiger partial charge in [0.05, 0.1) is 33.5 Å². The Balaban J connectivity index is 2.35. The van der Waals surface area contributed by atoms with Crippen molar-refractivity contribution in [1.29, 1.82) is 0 Å². The van der Waals surface area contributed by atoms with Crippen molar-refractivity contribution in [2.24, 2.45) is 0 Å². The highest BCUT2D eigenvalue weighted by molar-refractivity contribution is 5.54. The van der Waals surface area contributed by atoms with Gasteiger partial charge in [-0.2, -0.15) is 0 Å². The minimum Gasteiger partial charge on any atom is -0.493 e. The van der Waals surface area contributed by atoms with Gasteiger partial charge in [-0.05, 0) is 24.1 Å². The molecule has 1 aromatic rings. The van der Waals surface area contributed by atoms with Crippen molar-refractivity contribution < 1.29 is 24.1 Å². The number of methoxy groups -OCH3 is 3. The quantitative estimate of drug-likeness (QED) is 0.904. The fourth-order valence-electron chi connectivity index (χ4n) is 2.30. The monoisotopic (exact) mass is 268 g/mol. The Labute approximate surface area is 113 Å². The van der Waals surface area contributed by atoms with E-state index in [1.165, 1.54) is 0 Å². The van der Waals surface area contributed by atoms with Crippen molar-refractivity contribution in [3.8, 4) is 17.2 Å². The van der Waals surface area contributed by atoms with E-state index in [9.17, 15) is 5.11 Å². The second kappa shape index (κ2) is 6.12. The van der Waals surface area contributed by atoms with Crippen LogP contribution in [0.3, 0.4) is 0 Å². The molecule has 0 aliphatic carbocycles. The van der Waals surface area contributed by atoms with Crippen LogP contribution >= 0.6 is 0 Å². The van der Waals surface area contributed by atoms with Gasteiger partial charge in [-0.25, -0.2) is 0 Å². The summed E-state index contributed by atoms with van der Waals surface area (Å²) in [5.41, 5.74) is 0.924. The Morgan fingerprint density at radius 3 is 2.21 bits per heavy atom. The van der Waals surface area contributed by atoms with E-state index in [2.05, 4.69) is 0 Å². The van der Waals surface area contributed by atoms with Crippen LogP contribution in [0, 0.1) is 0 Å². The molecule has 1 heterocycles. The first-order valence-corrected chi connectivity index (χ1v) is 6.29. The molecule has 5 nitrogen and oxygen atoms in total. The molecule has 0 radical (unpaired) electrons. The van der Waals surface area contributed by atoms with Crippen LogP contribution in [0.5, 0.6) is 17.2 Å². The molecule has 106 valence electrons. The average molecular weight is 268 g/mol. The van der Waals surface area contributed by atoms with Gasteiger partial charge in [0, 0.05) is 13.0 Å². The minimum absolute atomic E-state index is 0.141. The van der Waals surface area contributed by atoms with Gasteiger partial charge in [0.1, 0.15) is 0 Å². The number of rotatable bonds is 4. The molecule has 1 aliphatic heterocycles. The maximum absolute atomic E-state index is 9.73. The van der Waals surface area contributed by atoms with Gasteiger partial charge in [-0.3, -0.25) is 0 Å². The molecule has 0 bridgehead atoms. The molecular formula is C14H20O5. The Kier molecular flexibility index (Phi) is 4.50. The second-order valence-corrected chi connectivity index (χ2v) is 4.50. The van der Waals surface area contributed by atoms with Gasteiger partial charge in [0.15, 0.2) is 11.5 Å². The third-order valence-electron chi connectivity index (χ3n) is 3.32. The molecule has 5 heteroatoms. The van der Waals surface area contributed by atoms with E-state index in [1.807, 2.05) is 12.1 Å². The fraction of sp³-hybridized carbons (Fsp3) is 0.571. The summed E-state index contributed by atoms with van der Waals surface area (Å²) in [6.07, 6.45) is 0.801. The molecule has 0 saturated carbocycles. The summed E-state index contributed by atoms with van der Waals surface area (Å²) in [4.78, 5) is 0. The highest BCUT2D eigenvalue weighted by Gasteiger charge is 2.25. The van der Waals surface area contributed by atoms with E-state index in [1.54, 1.807) is 21.3 Å². The zero-order valence-electron chi connectivity index (χ0n) is 11.5. The molecule has 0 amide bonds. The van der Waals surface area contributed by atoms with Gasteiger partial charge in [0.25, 0.3) is 0 Å². The van der Waals surface area contributed by atoms with Crippen LogP contribution in [-0.2, 0) is 4.74 Å². The van der Waals surface area contributed by atoms with Crippen LogP contribution in [0.1, 0.15) is 24.5 Å². The SMILES string of the molecule is COc1cc(C2CC(O)CCO2)cc(OC)c1OC. The van der Waals surface area contributed by atoms with E-state index in [0.29, 0.717) is 36.7 Å². The van der Waals surface area contributed by atoms with Crippen molar-refractivity contribution >= 4 is 0 Å². The molecule has 2 atom stereocenters. The number of aliphatic hydroxyl groups is 1. The Bertz CT molecular complexity index is 407. The summed E-state index contributed by atoms with van der Waals surface area (Å²) in [7, 11) is 4.73. The standard InChI is InChI=1S/C14H20O5/c1-16-12-6-9(7-13(17-2)14(12)18-3)11-8-10(15)4-5-19-11/h6-7,10-11,15H,4-5,8H2,1-3H3. The summed E-state index contributed by atoms with van der Waals surface area (Å²) in [5, 5.41) is 9.73. The molecular weight excluding hydrogens is 248 g/mol. The molecule has 0 spiro atoms. The van der Waals surface area contributed by atoms with Gasteiger partial charge in [0.2, 0.25) is 5.75 Å². The first kappa shape index (κ1) is 14.0. The predicted octanol–water partition coefficient (Wildman–Crippen LogP) is 1.92. The van der Waals surface area contributed by atoms with Crippen molar-refractivity contribution in [1.82, 2.24) is 0 Å². The number of hydrogen-bond donors (Lipinski definition) is 1. The lowest BCUT2D eigenvalue weighted by Gasteiger charge is -2.27. The lowest BCUT2D eigenvalue weighted by atomic mass is 9.98. The van der Waals surface area contributed by atoms with Crippen molar-refractivity contribution in [2.45, 2.75) is 25.0 Å². The zero-order valence-corrected chi connectivity index (χ0v) is 11.5. The van der Waals surface area contributed by atoms with Crippen LogP contribution in [-0.4, -0.2) is 39.1 Å². The minimum atomic E-state index is -0.321. The lowest BCUT2D eigenvalue weighted by molar-refractivity contribution is -0.0449. The molecule has 1 N–H and O–H groups in total. The van der Waals surface area contributed by atoms with E-state index in [4.69, 9.17) is 18.9 Å². The molecule has 0 aromatic heterocycles. The maximum Gasteiger partial charge on any atom is 0.203 e. The molecule has 1 saturated heterocycles. The maximum atomic E-state index is 9.73. The molecule has 2 unspecified atom stereocenters. The first-order chi connectivity index (χ1) is 9.19. The topological polar surface area (TPSA) is 57.2 Å². The van der Waals surface area contributed by atoms with Crippen molar-refractivity contribution in [2.75, 3.05) is 27.9 Å². The van der Waals surface area contributed by atoms with Gasteiger partial charge < -0.3 is 24.1 Å². The Morgan fingerprint density at radius 1 is 1.11 bits per heavy atom. The van der Waals surface area contributed by atoms with E-state index in [0.717, 1.165) is 5.56 Å². The number of ether oxygens (including phenoxy) is 4. The normalized spacial score (nSPS) is 22.9. The summed E-state index contributed by atoms with van der Waals surface area (Å²) in [6.45, 7) is 0.558. The third-order valence-corrected chi connectivity index (χ3v) is 3.32. The van der Waals surface area contributed by atoms with Crippen LogP contribution in [0.4, 0.5) is 0 Å². The summed E-state index contributed by atoms with van der Waals surface area (Å²) in [6, 6.07) is 3.73. The number of hydrogen-bond acceptors (Lipinski definition) is 5. The Morgan fingerprint density at radius 2 is 1.74 bits per heavy atom. The first-order valence-electron chi connectivity index (χ1n) is 6.29. The van der Waals surface area contributed by atoms with E-state index in [-0.39, 0.29) is 12.2 Å². The van der Waals surface area contributed by atoms with E-state index < -0.39 is 0 Å². The number of aliphatic hydroxyl groups excluding tert-OH is 1. The van der Waals surface area contributed by atoms with Crippen molar-refractivity contribution in [3.05, 3.63) is 17.7 Å².